The molecule has 2 aliphatic rings. The summed E-state index contributed by atoms with van der Waals surface area (Å²) in [4.78, 5) is 12.4. The first kappa shape index (κ1) is 28.9. The molecule has 220 valence electrons. The molecule has 3 aromatic rings. The van der Waals surface area contributed by atoms with Crippen LogP contribution in [0.15, 0.2) is 78.9 Å². The standard InChI is InChI=1S/C34H36O8/c1-36-34(35)27-18-32-22-33(19-27)42-24-26-15-29-21-31(17-26)40-13-9-5-4-8-12-39-30-16-25(23-41-32)14-28(20-30)37-10-6-2-3-7-11-38-29/h2-5,14-22H,6-13,23-24H2,1H3/b3-2-,5-4+. The number of hydrogen-bond acceptors (Lipinski definition) is 8. The van der Waals surface area contributed by atoms with Crippen molar-refractivity contribution in [3.05, 3.63) is 95.6 Å². The van der Waals surface area contributed by atoms with Gasteiger partial charge in [0.15, 0.2) is 0 Å². The molecular formula is C34H36O8. The van der Waals surface area contributed by atoms with Crippen molar-refractivity contribution < 1.29 is 38.0 Å². The molecule has 8 bridgehead atoms. The molecule has 0 spiro atoms. The summed E-state index contributed by atoms with van der Waals surface area (Å²) >= 11 is 0. The summed E-state index contributed by atoms with van der Waals surface area (Å²) in [5.41, 5.74) is 2.06. The molecule has 2 aliphatic heterocycles. The summed E-state index contributed by atoms with van der Waals surface area (Å²) in [6, 6.07) is 16.6. The molecule has 0 atom stereocenters. The topological polar surface area (TPSA) is 81.7 Å². The maximum Gasteiger partial charge on any atom is 0.338 e. The largest absolute Gasteiger partial charge is 0.493 e. The van der Waals surface area contributed by atoms with Crippen LogP contribution < -0.4 is 28.4 Å². The molecular weight excluding hydrogens is 536 g/mol. The van der Waals surface area contributed by atoms with Crippen LogP contribution in [-0.4, -0.2) is 39.5 Å². The minimum Gasteiger partial charge on any atom is -0.493 e. The second-order valence-electron chi connectivity index (χ2n) is 9.88. The van der Waals surface area contributed by atoms with Crippen LogP contribution in [0.4, 0.5) is 0 Å². The third-order valence-electron chi connectivity index (χ3n) is 6.54. The Kier molecular flexibility index (Phi) is 10.2. The Morgan fingerprint density at radius 3 is 1.17 bits per heavy atom. The van der Waals surface area contributed by atoms with Crippen molar-refractivity contribution in [2.24, 2.45) is 0 Å². The van der Waals surface area contributed by atoms with Crippen LogP contribution in [0, 0.1) is 0 Å². The first-order chi connectivity index (χ1) is 20.6. The van der Waals surface area contributed by atoms with E-state index in [1.807, 2.05) is 36.4 Å². The van der Waals surface area contributed by atoms with Gasteiger partial charge in [0, 0.05) is 18.2 Å². The van der Waals surface area contributed by atoms with Gasteiger partial charge in [-0.15, -0.1) is 0 Å². The van der Waals surface area contributed by atoms with Crippen LogP contribution in [0.1, 0.15) is 47.2 Å². The quantitative estimate of drug-likeness (QED) is 0.231. The molecule has 0 aliphatic carbocycles. The lowest BCUT2D eigenvalue weighted by molar-refractivity contribution is 0.0599. The Morgan fingerprint density at radius 2 is 0.833 bits per heavy atom. The lowest BCUT2D eigenvalue weighted by Crippen LogP contribution is -2.05. The molecule has 0 unspecified atom stereocenters. The van der Waals surface area contributed by atoms with Crippen molar-refractivity contribution in [2.75, 3.05) is 33.5 Å². The maximum absolute atomic E-state index is 12.4. The molecule has 0 saturated heterocycles. The summed E-state index contributed by atoms with van der Waals surface area (Å²) < 4.78 is 41.5. The first-order valence-corrected chi connectivity index (χ1v) is 14.2. The van der Waals surface area contributed by atoms with Crippen molar-refractivity contribution in [1.82, 2.24) is 0 Å². The fourth-order valence-electron chi connectivity index (χ4n) is 4.52. The van der Waals surface area contributed by atoms with Gasteiger partial charge in [0.2, 0.25) is 0 Å². The highest BCUT2D eigenvalue weighted by Crippen LogP contribution is 2.29. The van der Waals surface area contributed by atoms with E-state index in [4.69, 9.17) is 33.2 Å². The van der Waals surface area contributed by atoms with E-state index in [9.17, 15) is 4.79 Å². The molecule has 0 aromatic heterocycles. The maximum atomic E-state index is 12.4. The molecule has 0 radical (unpaired) electrons. The zero-order valence-corrected chi connectivity index (χ0v) is 23.8. The zero-order valence-electron chi connectivity index (χ0n) is 23.8. The Morgan fingerprint density at radius 1 is 0.500 bits per heavy atom. The fraction of sp³-hybridized carbons (Fsp3) is 0.324. The third kappa shape index (κ3) is 8.70. The monoisotopic (exact) mass is 572 g/mol. The van der Waals surface area contributed by atoms with Crippen LogP contribution in [0.2, 0.25) is 0 Å². The summed E-state index contributed by atoms with van der Waals surface area (Å²) in [6.07, 6.45) is 11.4. The number of carbonyl (C=O) groups is 1. The normalized spacial score (nSPS) is 17.4. The third-order valence-corrected chi connectivity index (χ3v) is 6.54. The Balaban J connectivity index is 1.52. The van der Waals surface area contributed by atoms with Gasteiger partial charge in [-0.2, -0.15) is 0 Å². The molecule has 8 heteroatoms. The molecule has 8 nitrogen and oxygen atoms in total. The Hall–Kier alpha value is -4.59. The molecule has 5 rings (SSSR count). The van der Waals surface area contributed by atoms with Crippen LogP contribution in [0.5, 0.6) is 34.5 Å². The number of fused-ring (bicyclic) bond motifs is 6. The average molecular weight is 573 g/mol. The lowest BCUT2D eigenvalue weighted by Gasteiger charge is -2.15. The molecule has 0 N–H and O–H groups in total. The van der Waals surface area contributed by atoms with Crippen LogP contribution in [-0.2, 0) is 18.0 Å². The second-order valence-corrected chi connectivity index (χ2v) is 9.88. The van der Waals surface area contributed by atoms with Crippen molar-refractivity contribution >= 4 is 5.97 Å². The molecule has 3 aromatic carbocycles. The Labute approximate surface area is 246 Å². The second kappa shape index (κ2) is 14.9. The van der Waals surface area contributed by atoms with Crippen molar-refractivity contribution in [1.29, 1.82) is 0 Å². The van der Waals surface area contributed by atoms with Gasteiger partial charge in [-0.25, -0.2) is 4.79 Å². The van der Waals surface area contributed by atoms with Gasteiger partial charge in [0.1, 0.15) is 47.7 Å². The minimum atomic E-state index is -0.485. The van der Waals surface area contributed by atoms with E-state index >= 15 is 0 Å². The van der Waals surface area contributed by atoms with E-state index in [2.05, 4.69) is 24.3 Å². The van der Waals surface area contributed by atoms with Crippen molar-refractivity contribution in [3.63, 3.8) is 0 Å². The SMILES string of the molecule is COC(=O)c1cc2cc(c1)OCc1cc3cc(c1)OCC/C=C/CCOc1cc(cc(c1)OCC/C=C\CCO3)CO2. The number of esters is 1. The molecule has 0 fully saturated rings. The first-order valence-electron chi connectivity index (χ1n) is 14.2. The van der Waals surface area contributed by atoms with E-state index in [1.165, 1.54) is 7.11 Å². The summed E-state index contributed by atoms with van der Waals surface area (Å²) in [5, 5.41) is 0. The van der Waals surface area contributed by atoms with Gasteiger partial charge in [0.05, 0.1) is 39.1 Å². The van der Waals surface area contributed by atoms with E-state index in [1.54, 1.807) is 18.2 Å². The van der Waals surface area contributed by atoms with E-state index in [0.29, 0.717) is 66.5 Å². The summed E-state index contributed by atoms with van der Waals surface area (Å²) in [6.45, 7) is 2.56. The average Bonchev–Trinajstić information content (AvgIpc) is 3.00. The number of rotatable bonds is 1. The summed E-state index contributed by atoms with van der Waals surface area (Å²) in [7, 11) is 1.34. The predicted molar refractivity (Wildman–Crippen MR) is 158 cm³/mol. The van der Waals surface area contributed by atoms with Crippen molar-refractivity contribution in [2.45, 2.75) is 38.9 Å². The van der Waals surface area contributed by atoms with Crippen LogP contribution >= 0.6 is 0 Å². The van der Waals surface area contributed by atoms with Gasteiger partial charge in [-0.3, -0.25) is 0 Å². The number of methoxy groups -OCH3 is 1. The van der Waals surface area contributed by atoms with Gasteiger partial charge in [-0.05, 0) is 73.2 Å². The smallest absolute Gasteiger partial charge is 0.338 e. The van der Waals surface area contributed by atoms with Gasteiger partial charge < -0.3 is 33.2 Å². The molecule has 42 heavy (non-hydrogen) atoms. The summed E-state index contributed by atoms with van der Waals surface area (Å²) in [5.74, 6) is 3.25. The molecule has 0 saturated carbocycles. The van der Waals surface area contributed by atoms with Crippen LogP contribution in [0.3, 0.4) is 0 Å². The van der Waals surface area contributed by atoms with Gasteiger partial charge in [-0.1, -0.05) is 24.3 Å². The van der Waals surface area contributed by atoms with Gasteiger partial charge in [0.25, 0.3) is 0 Å². The molecule has 0 amide bonds. The number of benzene rings is 3. The highest BCUT2D eigenvalue weighted by atomic mass is 16.5. The van der Waals surface area contributed by atoms with Crippen LogP contribution in [0.25, 0.3) is 0 Å². The number of carbonyl (C=O) groups excluding carboxylic acids is 1. The van der Waals surface area contributed by atoms with E-state index in [0.717, 1.165) is 36.8 Å². The zero-order chi connectivity index (χ0) is 29.0. The van der Waals surface area contributed by atoms with Gasteiger partial charge >= 0.3 is 5.97 Å². The predicted octanol–water partition coefficient (Wildman–Crippen LogP) is 6.85. The highest BCUT2D eigenvalue weighted by Gasteiger charge is 2.13. The van der Waals surface area contributed by atoms with Crippen molar-refractivity contribution in [3.8, 4) is 34.5 Å². The lowest BCUT2D eigenvalue weighted by atomic mass is 10.2. The van der Waals surface area contributed by atoms with E-state index in [-0.39, 0.29) is 13.2 Å². The number of ether oxygens (including phenoxy) is 7. The Bertz CT molecular complexity index is 1250. The fourth-order valence-corrected chi connectivity index (χ4v) is 4.52. The highest BCUT2D eigenvalue weighted by molar-refractivity contribution is 5.90. The minimum absolute atomic E-state index is 0.234. The number of hydrogen-bond donors (Lipinski definition) is 0. The molecule has 2 heterocycles. The van der Waals surface area contributed by atoms with E-state index < -0.39 is 5.97 Å².